The van der Waals surface area contributed by atoms with Gasteiger partial charge in [0.15, 0.2) is 5.96 Å². The van der Waals surface area contributed by atoms with Crippen molar-refractivity contribution in [1.29, 1.82) is 0 Å². The van der Waals surface area contributed by atoms with Crippen LogP contribution < -0.4 is 5.32 Å². The summed E-state index contributed by atoms with van der Waals surface area (Å²) in [5, 5.41) is 3.49. The summed E-state index contributed by atoms with van der Waals surface area (Å²) < 4.78 is 0. The van der Waals surface area contributed by atoms with Crippen LogP contribution in [0.4, 0.5) is 0 Å². The minimum absolute atomic E-state index is 0.468. The van der Waals surface area contributed by atoms with Gasteiger partial charge in [-0.25, -0.2) is 0 Å². The minimum atomic E-state index is 0.468. The minimum Gasteiger partial charge on any atom is -0.357 e. The summed E-state index contributed by atoms with van der Waals surface area (Å²) in [5.41, 5.74) is 2.00. The molecule has 1 aromatic carbocycles. The van der Waals surface area contributed by atoms with E-state index >= 15 is 0 Å². The molecule has 0 aromatic heterocycles. The standard InChI is InChI=1S/C19H29N3/c1-3-20-18(22-13-12-19(15-22)10-7-11-19)21-14-16(2)17-8-5-4-6-9-17/h4-6,8-9,16H,3,7,10-15H2,1-2H3,(H,20,21). The van der Waals surface area contributed by atoms with E-state index in [1.54, 1.807) is 0 Å². The van der Waals surface area contributed by atoms with Gasteiger partial charge in [0.25, 0.3) is 0 Å². The monoisotopic (exact) mass is 299 g/mol. The summed E-state index contributed by atoms with van der Waals surface area (Å²) in [5.74, 6) is 1.59. The van der Waals surface area contributed by atoms with Crippen LogP contribution >= 0.6 is 0 Å². The van der Waals surface area contributed by atoms with E-state index in [0.717, 1.165) is 19.0 Å². The Morgan fingerprint density at radius 2 is 2.05 bits per heavy atom. The number of rotatable bonds is 4. The van der Waals surface area contributed by atoms with E-state index in [9.17, 15) is 0 Å². The van der Waals surface area contributed by atoms with Crippen molar-refractivity contribution >= 4 is 5.96 Å². The fourth-order valence-corrected chi connectivity index (χ4v) is 3.74. The van der Waals surface area contributed by atoms with E-state index < -0.39 is 0 Å². The summed E-state index contributed by atoms with van der Waals surface area (Å²) in [7, 11) is 0. The molecule has 1 saturated carbocycles. The highest BCUT2D eigenvalue weighted by Crippen LogP contribution is 2.47. The van der Waals surface area contributed by atoms with Crippen LogP contribution in [0.5, 0.6) is 0 Å². The van der Waals surface area contributed by atoms with Gasteiger partial charge in [-0.3, -0.25) is 4.99 Å². The Bertz CT molecular complexity index is 505. The third-order valence-electron chi connectivity index (χ3n) is 5.37. The van der Waals surface area contributed by atoms with E-state index in [-0.39, 0.29) is 0 Å². The molecule has 2 fully saturated rings. The van der Waals surface area contributed by atoms with Crippen LogP contribution in [0.1, 0.15) is 51.0 Å². The van der Waals surface area contributed by atoms with Crippen molar-refractivity contribution in [3.05, 3.63) is 35.9 Å². The Morgan fingerprint density at radius 3 is 2.64 bits per heavy atom. The average molecular weight is 299 g/mol. The smallest absolute Gasteiger partial charge is 0.193 e. The van der Waals surface area contributed by atoms with E-state index in [0.29, 0.717) is 11.3 Å². The maximum absolute atomic E-state index is 4.93. The molecule has 1 saturated heterocycles. The molecule has 0 radical (unpaired) electrons. The number of nitrogens with zero attached hydrogens (tertiary/aromatic N) is 2. The molecule has 0 bridgehead atoms. The first-order chi connectivity index (χ1) is 10.7. The third-order valence-corrected chi connectivity index (χ3v) is 5.37. The van der Waals surface area contributed by atoms with Gasteiger partial charge < -0.3 is 10.2 Å². The highest BCUT2D eigenvalue weighted by molar-refractivity contribution is 5.80. The van der Waals surface area contributed by atoms with Crippen LogP contribution in [0.2, 0.25) is 0 Å². The molecule has 1 spiro atoms. The SMILES string of the molecule is CCNC(=NCC(C)c1ccccc1)N1CCC2(CCC2)C1. The Balaban J connectivity index is 1.63. The summed E-state index contributed by atoms with van der Waals surface area (Å²) in [4.78, 5) is 7.41. The van der Waals surface area contributed by atoms with Crippen molar-refractivity contribution in [3.8, 4) is 0 Å². The highest BCUT2D eigenvalue weighted by atomic mass is 15.3. The second-order valence-corrected chi connectivity index (χ2v) is 7.03. The lowest BCUT2D eigenvalue weighted by Crippen LogP contribution is -2.42. The van der Waals surface area contributed by atoms with Crippen molar-refractivity contribution in [3.63, 3.8) is 0 Å². The van der Waals surface area contributed by atoms with Crippen LogP contribution in [-0.4, -0.2) is 37.0 Å². The van der Waals surface area contributed by atoms with Crippen molar-refractivity contribution in [2.24, 2.45) is 10.4 Å². The Hall–Kier alpha value is -1.51. The quantitative estimate of drug-likeness (QED) is 0.679. The molecule has 1 aliphatic carbocycles. The first-order valence-corrected chi connectivity index (χ1v) is 8.81. The molecular weight excluding hydrogens is 270 g/mol. The molecule has 1 heterocycles. The van der Waals surface area contributed by atoms with Gasteiger partial charge in [-0.1, -0.05) is 43.7 Å². The number of benzene rings is 1. The van der Waals surface area contributed by atoms with Crippen LogP contribution in [0, 0.1) is 5.41 Å². The average Bonchev–Trinajstić information content (AvgIpc) is 2.98. The lowest BCUT2D eigenvalue weighted by molar-refractivity contribution is 0.151. The molecule has 1 unspecified atom stereocenters. The summed E-state index contributed by atoms with van der Waals surface area (Å²) in [6, 6.07) is 10.7. The molecular formula is C19H29N3. The van der Waals surface area contributed by atoms with Gasteiger partial charge in [0.1, 0.15) is 0 Å². The molecule has 1 aliphatic heterocycles. The molecule has 120 valence electrons. The number of hydrogen-bond acceptors (Lipinski definition) is 1. The maximum atomic E-state index is 4.93. The molecule has 0 amide bonds. The molecule has 3 nitrogen and oxygen atoms in total. The predicted octanol–water partition coefficient (Wildman–Crippen LogP) is 3.63. The van der Waals surface area contributed by atoms with Gasteiger partial charge in [0.2, 0.25) is 0 Å². The molecule has 1 atom stereocenters. The van der Waals surface area contributed by atoms with Crippen LogP contribution in [0.25, 0.3) is 0 Å². The van der Waals surface area contributed by atoms with Gasteiger partial charge in [-0.15, -0.1) is 0 Å². The zero-order chi connectivity index (χ0) is 15.4. The summed E-state index contributed by atoms with van der Waals surface area (Å²) in [6.45, 7) is 8.60. The zero-order valence-corrected chi connectivity index (χ0v) is 14.0. The summed E-state index contributed by atoms with van der Waals surface area (Å²) in [6.07, 6.45) is 5.62. The zero-order valence-electron chi connectivity index (χ0n) is 14.0. The molecule has 1 aromatic rings. The summed E-state index contributed by atoms with van der Waals surface area (Å²) >= 11 is 0. The molecule has 22 heavy (non-hydrogen) atoms. The van der Waals surface area contributed by atoms with Crippen molar-refractivity contribution in [2.75, 3.05) is 26.2 Å². The number of hydrogen-bond donors (Lipinski definition) is 1. The van der Waals surface area contributed by atoms with Crippen molar-refractivity contribution in [1.82, 2.24) is 10.2 Å². The number of guanidine groups is 1. The fraction of sp³-hybridized carbons (Fsp3) is 0.632. The lowest BCUT2D eigenvalue weighted by atomic mass is 9.68. The first-order valence-electron chi connectivity index (χ1n) is 8.81. The number of likely N-dealkylation sites (tertiary alicyclic amines) is 1. The van der Waals surface area contributed by atoms with E-state index in [1.807, 2.05) is 0 Å². The van der Waals surface area contributed by atoms with Crippen molar-refractivity contribution in [2.45, 2.75) is 45.4 Å². The number of nitrogens with one attached hydrogen (secondary N) is 1. The highest BCUT2D eigenvalue weighted by Gasteiger charge is 2.43. The maximum Gasteiger partial charge on any atom is 0.193 e. The van der Waals surface area contributed by atoms with Gasteiger partial charge >= 0.3 is 0 Å². The molecule has 2 aliphatic rings. The fourth-order valence-electron chi connectivity index (χ4n) is 3.74. The number of aliphatic imine (C=N–C) groups is 1. The molecule has 3 rings (SSSR count). The van der Waals surface area contributed by atoms with Crippen LogP contribution in [-0.2, 0) is 0 Å². The molecule has 3 heteroatoms. The van der Waals surface area contributed by atoms with E-state index in [1.165, 1.54) is 44.3 Å². The second-order valence-electron chi connectivity index (χ2n) is 7.03. The van der Waals surface area contributed by atoms with Crippen molar-refractivity contribution < 1.29 is 0 Å². The Kier molecular flexibility index (Phi) is 4.70. The van der Waals surface area contributed by atoms with E-state index in [4.69, 9.17) is 4.99 Å². The molecule has 1 N–H and O–H groups in total. The van der Waals surface area contributed by atoms with Gasteiger partial charge in [0.05, 0.1) is 0 Å². The van der Waals surface area contributed by atoms with Gasteiger partial charge in [0, 0.05) is 32.1 Å². The van der Waals surface area contributed by atoms with E-state index in [2.05, 4.69) is 54.4 Å². The Labute approximate surface area is 134 Å². The second kappa shape index (κ2) is 6.72. The topological polar surface area (TPSA) is 27.6 Å². The normalized spacial score (nSPS) is 21.7. The van der Waals surface area contributed by atoms with Crippen LogP contribution in [0.15, 0.2) is 35.3 Å². The first kappa shape index (κ1) is 15.4. The predicted molar refractivity (Wildman–Crippen MR) is 93.3 cm³/mol. The Morgan fingerprint density at radius 1 is 1.27 bits per heavy atom. The van der Waals surface area contributed by atoms with Crippen LogP contribution in [0.3, 0.4) is 0 Å². The third kappa shape index (κ3) is 3.29. The largest absolute Gasteiger partial charge is 0.357 e. The van der Waals surface area contributed by atoms with Gasteiger partial charge in [-0.05, 0) is 37.2 Å². The lowest BCUT2D eigenvalue weighted by Gasteiger charge is -2.38. The van der Waals surface area contributed by atoms with Gasteiger partial charge in [-0.2, -0.15) is 0 Å².